The molecule has 0 spiro atoms. The minimum absolute atomic E-state index is 0.0213. The number of para-hydroxylation sites is 1. The van der Waals surface area contributed by atoms with E-state index in [0.717, 1.165) is 39.6 Å². The Bertz CT molecular complexity index is 2860. The van der Waals surface area contributed by atoms with Crippen LogP contribution in [-0.2, 0) is 0 Å². The van der Waals surface area contributed by atoms with Crippen molar-refractivity contribution in [2.24, 2.45) is 0 Å². The summed E-state index contributed by atoms with van der Waals surface area (Å²) in [4.78, 5) is 5.24. The topological polar surface area (TPSA) is 18.5 Å². The molecule has 0 bridgehead atoms. The second-order valence-electron chi connectivity index (χ2n) is 14.3. The van der Waals surface area contributed by atoms with Gasteiger partial charge in [0.05, 0.1) is 0 Å². The first kappa shape index (κ1) is 30.6. The Kier molecular flexibility index (Phi) is 6.72. The van der Waals surface area contributed by atoms with Gasteiger partial charge in [-0.2, -0.15) is 0 Å². The minimum Gasteiger partial charge on any atom is -0.458 e. The summed E-state index contributed by atoms with van der Waals surface area (Å²) in [6, 6.07) is 61.5. The van der Waals surface area contributed by atoms with Crippen LogP contribution in [0.2, 0.25) is 0 Å². The van der Waals surface area contributed by atoms with E-state index < -0.39 is 0 Å². The number of fused-ring (bicyclic) bond motifs is 8. The van der Waals surface area contributed by atoms with Crippen molar-refractivity contribution >= 4 is 69.7 Å². The third kappa shape index (κ3) is 4.60. The zero-order valence-electron chi connectivity index (χ0n) is 29.0. The third-order valence-corrected chi connectivity index (χ3v) is 13.6. The fourth-order valence-electron chi connectivity index (χ4n) is 8.94. The Morgan fingerprint density at radius 1 is 0.315 bits per heavy atom. The van der Waals surface area contributed by atoms with Gasteiger partial charge in [0.1, 0.15) is 23.0 Å². The van der Waals surface area contributed by atoms with Gasteiger partial charge >= 0.3 is 0 Å². The van der Waals surface area contributed by atoms with Crippen LogP contribution in [0.4, 0.5) is 0 Å². The van der Waals surface area contributed by atoms with Crippen molar-refractivity contribution < 1.29 is 9.47 Å². The van der Waals surface area contributed by atoms with Crippen molar-refractivity contribution in [2.45, 2.75) is 19.6 Å². The third-order valence-electron chi connectivity index (χ3n) is 11.3. The Morgan fingerprint density at radius 3 is 1.65 bits per heavy atom. The van der Waals surface area contributed by atoms with E-state index in [-0.39, 0.29) is 13.4 Å². The average molecular weight is 723 g/mol. The Morgan fingerprint density at radius 2 is 0.889 bits per heavy atom. The van der Waals surface area contributed by atoms with Crippen LogP contribution in [-0.4, -0.2) is 13.4 Å². The molecule has 6 heteroatoms. The average Bonchev–Trinajstić information content (AvgIpc) is 3.23. The van der Waals surface area contributed by atoms with E-state index in [4.69, 9.17) is 9.47 Å². The van der Waals surface area contributed by atoms with Gasteiger partial charge in [0.15, 0.2) is 0 Å². The zero-order chi connectivity index (χ0) is 35.3. The number of rotatable bonds is 3. The lowest BCUT2D eigenvalue weighted by Gasteiger charge is -2.37. The molecule has 2 nitrogen and oxygen atoms in total. The molecule has 0 aromatic heterocycles. The molecule has 4 heterocycles. The van der Waals surface area contributed by atoms with Crippen molar-refractivity contribution in [1.82, 2.24) is 0 Å². The molecule has 0 amide bonds. The first-order valence-electron chi connectivity index (χ1n) is 18.4. The predicted molar refractivity (Wildman–Crippen MR) is 226 cm³/mol. The van der Waals surface area contributed by atoms with E-state index in [1.807, 2.05) is 23.5 Å². The van der Waals surface area contributed by atoms with Gasteiger partial charge in [-0.3, -0.25) is 0 Å². The van der Waals surface area contributed by atoms with Gasteiger partial charge in [-0.25, -0.2) is 0 Å². The minimum atomic E-state index is -0.0213. The molecule has 8 aromatic carbocycles. The molecule has 0 saturated carbocycles. The summed E-state index contributed by atoms with van der Waals surface area (Å²) in [7, 11) is 0. The van der Waals surface area contributed by atoms with Gasteiger partial charge in [-0.15, -0.1) is 0 Å². The molecule has 250 valence electrons. The van der Waals surface area contributed by atoms with Crippen LogP contribution in [0, 0.1) is 0 Å². The number of hydrogen-bond donors (Lipinski definition) is 0. The van der Waals surface area contributed by atoms with E-state index in [0.29, 0.717) is 0 Å². The van der Waals surface area contributed by atoms with Crippen molar-refractivity contribution in [1.29, 1.82) is 0 Å². The molecule has 0 fully saturated rings. The van der Waals surface area contributed by atoms with Crippen molar-refractivity contribution in [3.63, 3.8) is 0 Å². The van der Waals surface area contributed by atoms with Gasteiger partial charge in [0, 0.05) is 25.0 Å². The van der Waals surface area contributed by atoms with E-state index in [1.165, 1.54) is 69.1 Å². The Hall–Kier alpha value is -5.81. The van der Waals surface area contributed by atoms with Gasteiger partial charge in [0.2, 0.25) is 6.71 Å². The maximum Gasteiger partial charge on any atom is 0.260 e. The van der Waals surface area contributed by atoms with Crippen molar-refractivity contribution in [2.75, 3.05) is 0 Å². The van der Waals surface area contributed by atoms with E-state index in [1.54, 1.807) is 0 Å². The van der Waals surface area contributed by atoms with Crippen molar-refractivity contribution in [3.8, 4) is 56.4 Å². The SMILES string of the molecule is c1ccc(-c2cc3c4c(c2)Sc2cc5c(cc2B4c2ccccc2S3)B2c3ccccc3Oc3cc(-c4ccccc4-c4ccccc4)cc(c32)O5)cc1. The van der Waals surface area contributed by atoms with Crippen LogP contribution < -0.4 is 42.3 Å². The second kappa shape index (κ2) is 11.8. The highest BCUT2D eigenvalue weighted by atomic mass is 32.2. The molecule has 0 saturated heterocycles. The van der Waals surface area contributed by atoms with Crippen LogP contribution in [0.15, 0.2) is 189 Å². The van der Waals surface area contributed by atoms with Gasteiger partial charge in [-0.1, -0.05) is 162 Å². The van der Waals surface area contributed by atoms with Crippen molar-refractivity contribution in [3.05, 3.63) is 170 Å². The number of hydrogen-bond acceptors (Lipinski definition) is 4. The van der Waals surface area contributed by atoms with E-state index >= 15 is 0 Å². The largest absolute Gasteiger partial charge is 0.458 e. The van der Waals surface area contributed by atoms with Gasteiger partial charge < -0.3 is 9.47 Å². The zero-order valence-corrected chi connectivity index (χ0v) is 30.6. The summed E-state index contributed by atoms with van der Waals surface area (Å²) < 4.78 is 13.9. The molecule has 0 aliphatic carbocycles. The smallest absolute Gasteiger partial charge is 0.260 e. The highest BCUT2D eigenvalue weighted by Gasteiger charge is 2.44. The lowest BCUT2D eigenvalue weighted by Crippen LogP contribution is -2.62. The summed E-state index contributed by atoms with van der Waals surface area (Å²) in [6.07, 6.45) is 0. The summed E-state index contributed by atoms with van der Waals surface area (Å²) in [5.74, 6) is 3.52. The molecule has 0 atom stereocenters. The number of ether oxygens (including phenoxy) is 2. The van der Waals surface area contributed by atoms with Gasteiger partial charge in [-0.05, 0) is 92.2 Å². The standard InChI is InChI=1S/C48H28B2O2S2/c1-3-13-29(14-4-1)31-25-45-48-46(26-31)54-44-28-40-37(27-38(44)50(48)36-20-10-12-22-43(36)53-45)49-35-19-9-11-21-39(35)51-41-23-32(24-42(52-40)47(41)49)34-18-8-7-17-33(34)30-15-5-2-6-16-30/h1-28H. The van der Waals surface area contributed by atoms with Crippen LogP contribution in [0.5, 0.6) is 23.0 Å². The number of benzene rings is 8. The first-order valence-corrected chi connectivity index (χ1v) is 20.0. The lowest BCUT2D eigenvalue weighted by atomic mass is 9.32. The summed E-state index contributed by atoms with van der Waals surface area (Å²) in [6.45, 7) is 0.110. The lowest BCUT2D eigenvalue weighted by molar-refractivity contribution is 0.464. The molecular weight excluding hydrogens is 694 g/mol. The van der Waals surface area contributed by atoms with E-state index in [2.05, 4.69) is 170 Å². The monoisotopic (exact) mass is 722 g/mol. The molecule has 4 aliphatic heterocycles. The normalized spacial score (nSPS) is 13.6. The predicted octanol–water partition coefficient (Wildman–Crippen LogP) is 8.86. The van der Waals surface area contributed by atoms with E-state index in [9.17, 15) is 0 Å². The maximum absolute atomic E-state index is 7.07. The molecule has 4 aliphatic rings. The summed E-state index contributed by atoms with van der Waals surface area (Å²) in [5, 5.41) is 0. The van der Waals surface area contributed by atoms with Gasteiger partial charge in [0.25, 0.3) is 6.71 Å². The quantitative estimate of drug-likeness (QED) is 0.170. The van der Waals surface area contributed by atoms with Crippen LogP contribution in [0.3, 0.4) is 0 Å². The molecule has 0 unspecified atom stereocenters. The molecule has 0 radical (unpaired) electrons. The Labute approximate surface area is 323 Å². The first-order chi connectivity index (χ1) is 26.7. The summed E-state index contributed by atoms with van der Waals surface area (Å²) >= 11 is 3.78. The molecule has 54 heavy (non-hydrogen) atoms. The van der Waals surface area contributed by atoms with Crippen LogP contribution in [0.25, 0.3) is 33.4 Å². The molecule has 0 N–H and O–H groups in total. The second-order valence-corrected chi connectivity index (χ2v) is 16.5. The Balaban J connectivity index is 1.06. The fourth-order valence-corrected chi connectivity index (χ4v) is 11.4. The summed E-state index contributed by atoms with van der Waals surface area (Å²) in [5.41, 5.74) is 14.7. The highest BCUT2D eigenvalue weighted by molar-refractivity contribution is 8.01. The molecular formula is C48H28B2O2S2. The highest BCUT2D eigenvalue weighted by Crippen LogP contribution is 2.44. The molecule has 8 aromatic rings. The fraction of sp³-hybridized carbons (Fsp3) is 0. The van der Waals surface area contributed by atoms with Crippen LogP contribution >= 0.6 is 23.5 Å². The van der Waals surface area contributed by atoms with Crippen LogP contribution in [0.1, 0.15) is 0 Å². The maximum atomic E-state index is 7.07. The molecule has 12 rings (SSSR count).